The van der Waals surface area contributed by atoms with Crippen molar-refractivity contribution in [3.8, 4) is 28.8 Å². The molecule has 4 aliphatic heterocycles. The van der Waals surface area contributed by atoms with Crippen molar-refractivity contribution in [3.05, 3.63) is 88.4 Å². The molecule has 3 aromatic heterocycles. The van der Waals surface area contributed by atoms with Gasteiger partial charge in [0.25, 0.3) is 0 Å². The van der Waals surface area contributed by atoms with Gasteiger partial charge in [-0.2, -0.15) is 0 Å². The number of para-hydroxylation sites is 1. The molecule has 0 spiro atoms. The van der Waals surface area contributed by atoms with Crippen LogP contribution in [0.2, 0.25) is 0 Å². The number of hydrogen-bond acceptors (Lipinski definition) is 12. The van der Waals surface area contributed by atoms with E-state index in [1.54, 1.807) is 23.7 Å². The molecule has 7 heterocycles. The van der Waals surface area contributed by atoms with E-state index in [1.165, 1.54) is 4.57 Å². The van der Waals surface area contributed by atoms with Gasteiger partial charge in [-0.1, -0.05) is 30.0 Å². The summed E-state index contributed by atoms with van der Waals surface area (Å²) in [5.41, 5.74) is 11.3. The Labute approximate surface area is 323 Å². The molecule has 2 amide bonds. The number of phenolic OH excluding ortho intramolecular Hbond substituents is 1. The number of phenols is 1. The van der Waals surface area contributed by atoms with Crippen LogP contribution in [0.5, 0.6) is 5.75 Å². The maximum absolute atomic E-state index is 13.1. The van der Waals surface area contributed by atoms with E-state index in [-0.39, 0.29) is 29.3 Å². The van der Waals surface area contributed by atoms with Gasteiger partial charge in [-0.3, -0.25) is 28.9 Å². The Kier molecular flexibility index (Phi) is 8.82. The molecule has 4 aliphatic rings. The molecule has 0 radical (unpaired) electrons. The molecule has 15 nitrogen and oxygen atoms in total. The Balaban J connectivity index is 0.767. The Morgan fingerprint density at radius 2 is 1.79 bits per heavy atom. The van der Waals surface area contributed by atoms with Crippen molar-refractivity contribution in [2.75, 3.05) is 37.3 Å². The summed E-state index contributed by atoms with van der Waals surface area (Å²) in [5, 5.41) is 21.2. The maximum atomic E-state index is 13.1. The number of hydrogen-bond donors (Lipinski definition) is 3. The van der Waals surface area contributed by atoms with Gasteiger partial charge in [0.1, 0.15) is 17.6 Å². The Bertz CT molecular complexity index is 2490. The molecular formula is C41H43N11O4. The molecule has 4 saturated heterocycles. The molecule has 56 heavy (non-hydrogen) atoms. The summed E-state index contributed by atoms with van der Waals surface area (Å²) in [6.45, 7) is 3.19. The molecule has 3 atom stereocenters. The first kappa shape index (κ1) is 35.6. The second kappa shape index (κ2) is 13.9. The molecule has 4 fully saturated rings. The SMILES string of the molecule is CN(CCCC#Cc1cnc(C23CC4CN(c5cc(-c6ccccc6O)nnc5N)CC(C2)N43)nc1)Cc1ccc2c(c1)n(C)c(=O)n2C1CCC(=O)NC1=O. The van der Waals surface area contributed by atoms with Gasteiger partial charge in [-0.25, -0.2) is 14.8 Å². The predicted molar refractivity (Wildman–Crippen MR) is 209 cm³/mol. The minimum Gasteiger partial charge on any atom is -0.507 e. The van der Waals surface area contributed by atoms with Gasteiger partial charge >= 0.3 is 5.69 Å². The minimum atomic E-state index is -0.696. The Hall–Kier alpha value is -6.11. The lowest BCUT2D eigenvalue weighted by atomic mass is 9.62. The van der Waals surface area contributed by atoms with Gasteiger partial charge in [0.05, 0.1) is 33.5 Å². The fourth-order valence-corrected chi connectivity index (χ4v) is 9.25. The summed E-state index contributed by atoms with van der Waals surface area (Å²) in [6.07, 6.45) is 7.78. The summed E-state index contributed by atoms with van der Waals surface area (Å²) in [5.74, 6) is 7.19. The van der Waals surface area contributed by atoms with Crippen molar-refractivity contribution in [1.82, 2.24) is 44.4 Å². The fourth-order valence-electron chi connectivity index (χ4n) is 9.25. The van der Waals surface area contributed by atoms with Crippen molar-refractivity contribution >= 4 is 34.4 Å². The number of nitrogen functional groups attached to an aromatic ring is 1. The van der Waals surface area contributed by atoms with Crippen LogP contribution in [0.3, 0.4) is 0 Å². The van der Waals surface area contributed by atoms with Gasteiger partial charge in [-0.05, 0) is 75.2 Å². The first-order chi connectivity index (χ1) is 27.1. The third kappa shape index (κ3) is 6.05. The quantitative estimate of drug-likeness (QED) is 0.114. The number of piperidine rings is 2. The van der Waals surface area contributed by atoms with Crippen LogP contribution in [0.4, 0.5) is 11.5 Å². The number of nitrogens with one attached hydrogen (secondary N) is 1. The molecule has 4 N–H and O–H groups in total. The monoisotopic (exact) mass is 753 g/mol. The number of anilines is 2. The number of nitrogens with two attached hydrogens (primary N) is 1. The number of piperazine rings is 1. The number of benzene rings is 2. The van der Waals surface area contributed by atoms with Crippen LogP contribution in [0, 0.1) is 11.8 Å². The highest BCUT2D eigenvalue weighted by atomic mass is 16.3. The number of aryl methyl sites for hydroxylation is 1. The lowest BCUT2D eigenvalue weighted by Crippen LogP contribution is -2.83. The van der Waals surface area contributed by atoms with E-state index in [2.05, 4.69) is 49.1 Å². The first-order valence-electron chi connectivity index (χ1n) is 19.1. The molecule has 286 valence electrons. The molecular weight excluding hydrogens is 711 g/mol. The third-order valence-corrected chi connectivity index (χ3v) is 11.9. The van der Waals surface area contributed by atoms with E-state index >= 15 is 0 Å². The number of carbonyl (C=O) groups is 2. The highest BCUT2D eigenvalue weighted by Gasteiger charge is 2.67. The number of aromatic nitrogens is 6. The minimum absolute atomic E-state index is 0.113. The molecule has 15 heteroatoms. The summed E-state index contributed by atoms with van der Waals surface area (Å²) in [7, 11) is 3.77. The zero-order valence-corrected chi connectivity index (χ0v) is 31.4. The number of imide groups is 1. The number of rotatable bonds is 9. The highest BCUT2D eigenvalue weighted by Crippen LogP contribution is 2.59. The van der Waals surface area contributed by atoms with Crippen molar-refractivity contribution < 1.29 is 14.7 Å². The molecule has 9 rings (SSSR count). The van der Waals surface area contributed by atoms with Gasteiger partial charge in [0, 0.05) is 69.6 Å². The van der Waals surface area contributed by atoms with Crippen LogP contribution in [-0.2, 0) is 28.7 Å². The molecule has 5 aromatic rings. The molecule has 0 bridgehead atoms. The zero-order valence-electron chi connectivity index (χ0n) is 31.4. The Morgan fingerprint density at radius 1 is 1.02 bits per heavy atom. The average Bonchev–Trinajstić information content (AvgIpc) is 3.41. The van der Waals surface area contributed by atoms with E-state index < -0.39 is 11.9 Å². The molecule has 0 aliphatic carbocycles. The van der Waals surface area contributed by atoms with Crippen LogP contribution < -0.4 is 21.6 Å². The van der Waals surface area contributed by atoms with E-state index in [4.69, 9.17) is 15.7 Å². The number of amides is 2. The lowest BCUT2D eigenvalue weighted by molar-refractivity contribution is -0.216. The van der Waals surface area contributed by atoms with E-state index in [1.807, 2.05) is 48.8 Å². The fraction of sp³-hybridized carbons (Fsp3) is 0.390. The number of carbonyl (C=O) groups excluding carboxylic acids is 2. The number of fused-ring (bicyclic) bond motifs is 1. The van der Waals surface area contributed by atoms with Crippen molar-refractivity contribution in [2.24, 2.45) is 7.05 Å². The largest absolute Gasteiger partial charge is 0.507 e. The van der Waals surface area contributed by atoms with Crippen molar-refractivity contribution in [3.63, 3.8) is 0 Å². The number of imidazole rings is 1. The maximum Gasteiger partial charge on any atom is 0.329 e. The first-order valence-corrected chi connectivity index (χ1v) is 19.1. The third-order valence-electron chi connectivity index (χ3n) is 11.9. The summed E-state index contributed by atoms with van der Waals surface area (Å²) < 4.78 is 3.07. The number of nitrogens with zero attached hydrogens (tertiary/aromatic N) is 9. The van der Waals surface area contributed by atoms with Gasteiger partial charge in [0.2, 0.25) is 11.8 Å². The summed E-state index contributed by atoms with van der Waals surface area (Å²) in [6, 6.07) is 15.0. The topological polar surface area (TPSA) is 181 Å². The second-order valence-corrected chi connectivity index (χ2v) is 15.5. The van der Waals surface area contributed by atoms with Crippen LogP contribution in [0.15, 0.2) is 65.7 Å². The number of aromatic hydroxyl groups is 1. The van der Waals surface area contributed by atoms with E-state index in [0.29, 0.717) is 47.6 Å². The normalized spacial score (nSPS) is 22.9. The molecule has 2 aromatic carbocycles. The van der Waals surface area contributed by atoms with E-state index in [9.17, 15) is 19.5 Å². The smallest absolute Gasteiger partial charge is 0.329 e. The number of unbranched alkanes of at least 4 members (excludes halogenated alkanes) is 1. The summed E-state index contributed by atoms with van der Waals surface area (Å²) >= 11 is 0. The van der Waals surface area contributed by atoms with Crippen LogP contribution >= 0.6 is 0 Å². The van der Waals surface area contributed by atoms with Crippen LogP contribution in [-0.4, -0.2) is 94.8 Å². The van der Waals surface area contributed by atoms with Crippen molar-refractivity contribution in [2.45, 2.75) is 68.7 Å². The van der Waals surface area contributed by atoms with Gasteiger partial charge in [-0.15, -0.1) is 10.2 Å². The van der Waals surface area contributed by atoms with Crippen molar-refractivity contribution in [1.29, 1.82) is 0 Å². The van der Waals surface area contributed by atoms with Gasteiger partial charge in [0.15, 0.2) is 5.82 Å². The lowest BCUT2D eigenvalue weighted by Gasteiger charge is -2.72. The average molecular weight is 754 g/mol. The Morgan fingerprint density at radius 3 is 2.54 bits per heavy atom. The van der Waals surface area contributed by atoms with Gasteiger partial charge < -0.3 is 20.6 Å². The molecule has 0 saturated carbocycles. The zero-order chi connectivity index (χ0) is 38.7. The standard InChI is InChI=1S/C41H43N11O4/c1-48(22-25-11-12-31-33(16-25)49(2)40(56)51(31)32-13-14-36(54)45-38(32)55)15-7-3-4-8-26-20-43-39(44-21-26)41-18-27-23-50(24-28(19-41)52(27)41)34-17-30(46-47-37(34)42)29-9-5-6-10-35(29)53/h5-6,9-12,16-17,20-21,27-28,32,53H,3,7,13-15,18-19,22-24H2,1-2H3,(H2,42,47)(H,45,54,55). The predicted octanol–water partition coefficient (Wildman–Crippen LogP) is 2.68. The van der Waals surface area contributed by atoms with E-state index in [0.717, 1.165) is 73.5 Å². The highest BCUT2D eigenvalue weighted by molar-refractivity contribution is 6.00. The second-order valence-electron chi connectivity index (χ2n) is 15.5. The summed E-state index contributed by atoms with van der Waals surface area (Å²) in [4.78, 5) is 53.9. The van der Waals surface area contributed by atoms with Crippen LogP contribution in [0.25, 0.3) is 22.3 Å². The van der Waals surface area contributed by atoms with Crippen LogP contribution in [0.1, 0.15) is 61.5 Å². The molecule has 3 unspecified atom stereocenters.